The smallest absolute Gasteiger partial charge is 0.339 e. The zero-order chi connectivity index (χ0) is 19.9. The van der Waals surface area contributed by atoms with Gasteiger partial charge in [0.2, 0.25) is 0 Å². The minimum Gasteiger partial charge on any atom is -0.452 e. The summed E-state index contributed by atoms with van der Waals surface area (Å²) in [6.45, 7) is 3.89. The first-order valence-corrected chi connectivity index (χ1v) is 11.5. The highest BCUT2D eigenvalue weighted by Crippen LogP contribution is 2.27. The quantitative estimate of drug-likeness (QED) is 0.526. The Morgan fingerprint density at radius 1 is 1.29 bits per heavy atom. The SMILES string of the molecule is Cc1nc(CSc2ccccc2C(=O)OCC(=O)NC2CCCCC2C)cs1. The Balaban J connectivity index is 1.53. The molecule has 0 saturated heterocycles. The van der Waals surface area contributed by atoms with Crippen molar-refractivity contribution >= 4 is 35.0 Å². The van der Waals surface area contributed by atoms with Gasteiger partial charge in [-0.15, -0.1) is 23.1 Å². The van der Waals surface area contributed by atoms with Crippen LogP contribution in [0.5, 0.6) is 0 Å². The van der Waals surface area contributed by atoms with Crippen LogP contribution in [0, 0.1) is 12.8 Å². The van der Waals surface area contributed by atoms with Gasteiger partial charge in [-0.05, 0) is 37.8 Å². The van der Waals surface area contributed by atoms with Crippen molar-refractivity contribution in [1.82, 2.24) is 10.3 Å². The van der Waals surface area contributed by atoms with Crippen LogP contribution < -0.4 is 5.32 Å². The van der Waals surface area contributed by atoms with Crippen LogP contribution >= 0.6 is 23.1 Å². The molecule has 1 heterocycles. The fraction of sp³-hybridized carbons (Fsp3) is 0.476. The molecule has 1 aliphatic rings. The van der Waals surface area contributed by atoms with Gasteiger partial charge in [0.1, 0.15) is 0 Å². The molecule has 3 rings (SSSR count). The lowest BCUT2D eigenvalue weighted by Gasteiger charge is -2.29. The first kappa shape index (κ1) is 20.9. The van der Waals surface area contributed by atoms with E-state index >= 15 is 0 Å². The van der Waals surface area contributed by atoms with Crippen molar-refractivity contribution < 1.29 is 14.3 Å². The van der Waals surface area contributed by atoms with Crippen LogP contribution in [-0.4, -0.2) is 29.5 Å². The van der Waals surface area contributed by atoms with Crippen molar-refractivity contribution in [2.45, 2.75) is 56.2 Å². The summed E-state index contributed by atoms with van der Waals surface area (Å²) in [6.07, 6.45) is 4.49. The number of aryl methyl sites for hydroxylation is 1. The summed E-state index contributed by atoms with van der Waals surface area (Å²) < 4.78 is 5.29. The molecule has 0 bridgehead atoms. The summed E-state index contributed by atoms with van der Waals surface area (Å²) in [5.41, 5.74) is 1.48. The second-order valence-electron chi connectivity index (χ2n) is 7.15. The zero-order valence-corrected chi connectivity index (χ0v) is 17.9. The number of nitrogens with zero attached hydrogens (tertiary/aromatic N) is 1. The van der Waals surface area contributed by atoms with Crippen molar-refractivity contribution in [3.63, 3.8) is 0 Å². The molecule has 1 amide bonds. The van der Waals surface area contributed by atoms with Crippen molar-refractivity contribution in [2.75, 3.05) is 6.61 Å². The molecule has 28 heavy (non-hydrogen) atoms. The number of benzene rings is 1. The number of aromatic nitrogens is 1. The molecular weight excluding hydrogens is 392 g/mol. The number of carbonyl (C=O) groups excluding carboxylic acids is 2. The van der Waals surface area contributed by atoms with Crippen LogP contribution in [0.3, 0.4) is 0 Å². The number of thiazole rings is 1. The zero-order valence-electron chi connectivity index (χ0n) is 16.3. The number of esters is 1. The van der Waals surface area contributed by atoms with E-state index < -0.39 is 5.97 Å². The van der Waals surface area contributed by atoms with E-state index in [4.69, 9.17) is 4.74 Å². The van der Waals surface area contributed by atoms with Crippen LogP contribution in [0.15, 0.2) is 34.5 Å². The van der Waals surface area contributed by atoms with Crippen LogP contribution in [0.1, 0.15) is 53.7 Å². The Hall–Kier alpha value is -1.86. The Morgan fingerprint density at radius 2 is 2.07 bits per heavy atom. The molecule has 1 aromatic carbocycles. The maximum absolute atomic E-state index is 12.5. The number of ether oxygens (including phenoxy) is 1. The molecular formula is C21H26N2O3S2. The van der Waals surface area contributed by atoms with E-state index in [1.165, 1.54) is 6.42 Å². The lowest BCUT2D eigenvalue weighted by Crippen LogP contribution is -2.42. The molecule has 150 valence electrons. The maximum atomic E-state index is 12.5. The Bertz CT molecular complexity index is 821. The van der Waals surface area contributed by atoms with Crippen LogP contribution in [0.2, 0.25) is 0 Å². The molecule has 0 aliphatic heterocycles. The van der Waals surface area contributed by atoms with Crippen LogP contribution in [-0.2, 0) is 15.3 Å². The molecule has 0 radical (unpaired) electrons. The number of thioether (sulfide) groups is 1. The van der Waals surface area contributed by atoms with Crippen LogP contribution in [0.25, 0.3) is 0 Å². The Kier molecular flexibility index (Phi) is 7.50. The molecule has 1 fully saturated rings. The summed E-state index contributed by atoms with van der Waals surface area (Å²) >= 11 is 3.16. The third-order valence-electron chi connectivity index (χ3n) is 4.94. The minimum absolute atomic E-state index is 0.185. The molecule has 2 aromatic rings. The summed E-state index contributed by atoms with van der Waals surface area (Å²) in [7, 11) is 0. The fourth-order valence-corrected chi connectivity index (χ4v) is 5.03. The van der Waals surface area contributed by atoms with Gasteiger partial charge in [-0.25, -0.2) is 9.78 Å². The highest BCUT2D eigenvalue weighted by atomic mass is 32.2. The number of rotatable bonds is 7. The monoisotopic (exact) mass is 418 g/mol. The molecule has 1 aliphatic carbocycles. The number of hydrogen-bond acceptors (Lipinski definition) is 6. The van der Waals surface area contributed by atoms with Gasteiger partial charge >= 0.3 is 5.97 Å². The van der Waals surface area contributed by atoms with E-state index in [0.29, 0.717) is 17.2 Å². The van der Waals surface area contributed by atoms with Crippen molar-refractivity contribution in [3.05, 3.63) is 45.9 Å². The molecule has 2 unspecified atom stereocenters. The van der Waals surface area contributed by atoms with Gasteiger partial charge in [0.15, 0.2) is 6.61 Å². The second-order valence-corrected chi connectivity index (χ2v) is 9.23. The third kappa shape index (κ3) is 5.82. The summed E-state index contributed by atoms with van der Waals surface area (Å²) in [4.78, 5) is 30.0. The van der Waals surface area contributed by atoms with Crippen molar-refractivity contribution in [3.8, 4) is 0 Å². The third-order valence-corrected chi connectivity index (χ3v) is 6.87. The van der Waals surface area contributed by atoms with Gasteiger partial charge in [-0.3, -0.25) is 4.79 Å². The van der Waals surface area contributed by atoms with E-state index in [-0.39, 0.29) is 18.6 Å². The van der Waals surface area contributed by atoms with E-state index in [0.717, 1.165) is 34.9 Å². The summed E-state index contributed by atoms with van der Waals surface area (Å²) in [6, 6.07) is 7.51. The van der Waals surface area contributed by atoms with E-state index in [1.54, 1.807) is 35.2 Å². The molecule has 0 spiro atoms. The van der Waals surface area contributed by atoms with Gasteiger partial charge in [0, 0.05) is 22.1 Å². The Morgan fingerprint density at radius 3 is 2.82 bits per heavy atom. The molecule has 5 nitrogen and oxygen atoms in total. The number of hydrogen-bond donors (Lipinski definition) is 1. The largest absolute Gasteiger partial charge is 0.452 e. The molecule has 1 N–H and O–H groups in total. The fourth-order valence-electron chi connectivity index (χ4n) is 3.38. The average Bonchev–Trinajstić information content (AvgIpc) is 3.12. The normalized spacial score (nSPS) is 19.2. The highest BCUT2D eigenvalue weighted by Gasteiger charge is 2.23. The first-order valence-electron chi connectivity index (χ1n) is 9.62. The topological polar surface area (TPSA) is 68.3 Å². The van der Waals surface area contributed by atoms with Gasteiger partial charge in [-0.1, -0.05) is 31.9 Å². The van der Waals surface area contributed by atoms with Crippen LogP contribution in [0.4, 0.5) is 0 Å². The second kappa shape index (κ2) is 10.1. The van der Waals surface area contributed by atoms with Gasteiger partial charge in [-0.2, -0.15) is 0 Å². The molecule has 1 saturated carbocycles. The lowest BCUT2D eigenvalue weighted by molar-refractivity contribution is -0.125. The Labute approximate surface area is 174 Å². The van der Waals surface area contributed by atoms with Gasteiger partial charge in [0.25, 0.3) is 5.91 Å². The summed E-state index contributed by atoms with van der Waals surface area (Å²) in [5.74, 6) is 0.466. The van der Waals surface area contributed by atoms with E-state index in [1.807, 2.05) is 24.4 Å². The highest BCUT2D eigenvalue weighted by molar-refractivity contribution is 7.98. The van der Waals surface area contributed by atoms with Gasteiger partial charge in [0.05, 0.1) is 16.3 Å². The standard InChI is InChI=1S/C21H26N2O3S2/c1-14-7-3-5-9-18(14)23-20(24)11-26-21(25)17-8-4-6-10-19(17)28-13-16-12-27-15(2)22-16/h4,6,8,10,12,14,18H,3,5,7,9,11,13H2,1-2H3,(H,23,24). The number of nitrogens with one attached hydrogen (secondary N) is 1. The van der Waals surface area contributed by atoms with E-state index in [2.05, 4.69) is 17.2 Å². The van der Waals surface area contributed by atoms with Crippen molar-refractivity contribution in [1.29, 1.82) is 0 Å². The molecule has 7 heteroatoms. The maximum Gasteiger partial charge on any atom is 0.339 e. The first-order chi connectivity index (χ1) is 13.5. The minimum atomic E-state index is -0.468. The summed E-state index contributed by atoms with van der Waals surface area (Å²) in [5, 5.41) is 6.07. The molecule has 1 aromatic heterocycles. The van der Waals surface area contributed by atoms with Gasteiger partial charge < -0.3 is 10.1 Å². The number of amides is 1. The van der Waals surface area contributed by atoms with E-state index in [9.17, 15) is 9.59 Å². The predicted molar refractivity (Wildman–Crippen MR) is 113 cm³/mol. The lowest BCUT2D eigenvalue weighted by atomic mass is 9.86. The number of carbonyl (C=O) groups is 2. The van der Waals surface area contributed by atoms with Crippen molar-refractivity contribution in [2.24, 2.45) is 5.92 Å². The molecule has 2 atom stereocenters. The average molecular weight is 419 g/mol. The predicted octanol–water partition coefficient (Wildman–Crippen LogP) is 4.60.